The third-order valence-corrected chi connectivity index (χ3v) is 1.51. The lowest BCUT2D eigenvalue weighted by atomic mass is 10.5. The molecule has 0 bridgehead atoms. The molecule has 0 saturated carbocycles. The summed E-state index contributed by atoms with van der Waals surface area (Å²) in [6.45, 7) is 2.38. The lowest BCUT2D eigenvalue weighted by Crippen LogP contribution is -2.05. The van der Waals surface area contributed by atoms with Crippen molar-refractivity contribution in [1.82, 2.24) is 9.59 Å². The summed E-state index contributed by atoms with van der Waals surface area (Å²) in [5.74, 6) is -0.388. The summed E-state index contributed by atoms with van der Waals surface area (Å²) in [6, 6.07) is 0. The number of rotatable bonds is 3. The number of carbonyl (C=O) groups is 1. The molecule has 0 N–H and O–H groups in total. The average molecular weight is 172 g/mol. The molecule has 0 aliphatic carbocycles. The third kappa shape index (κ3) is 2.27. The molecule has 1 heterocycles. The Balaban J connectivity index is 2.43. The molecule has 4 nitrogen and oxygen atoms in total. The number of hydrogen-bond donors (Lipinski definition) is 0. The van der Waals surface area contributed by atoms with Crippen LogP contribution in [-0.4, -0.2) is 22.2 Å². The molecule has 0 unspecified atom stereocenters. The van der Waals surface area contributed by atoms with E-state index >= 15 is 0 Å². The zero-order chi connectivity index (χ0) is 8.10. The molecule has 1 rings (SSSR count). The molecule has 0 aliphatic rings. The molecule has 1 aromatic heterocycles. The standard InChI is InChI=1S/C6H8N2O2S/c1-2-3-10-6(9)5-4-11-8-7-5/h4H,2-3H2,1H3. The molecule has 0 aliphatic heterocycles. The topological polar surface area (TPSA) is 52.1 Å². The highest BCUT2D eigenvalue weighted by Gasteiger charge is 2.08. The fourth-order valence-electron chi connectivity index (χ4n) is 0.522. The van der Waals surface area contributed by atoms with Gasteiger partial charge in [-0.1, -0.05) is 11.4 Å². The maximum Gasteiger partial charge on any atom is 0.359 e. The van der Waals surface area contributed by atoms with E-state index in [4.69, 9.17) is 4.74 Å². The molecule has 0 fully saturated rings. The van der Waals surface area contributed by atoms with Gasteiger partial charge in [-0.3, -0.25) is 0 Å². The van der Waals surface area contributed by atoms with Crippen LogP contribution in [0, 0.1) is 0 Å². The average Bonchev–Trinajstić information content (AvgIpc) is 2.52. The molecule has 0 aromatic carbocycles. The van der Waals surface area contributed by atoms with Gasteiger partial charge >= 0.3 is 5.97 Å². The Kier molecular flexibility index (Phi) is 2.97. The number of aromatic nitrogens is 2. The fraction of sp³-hybridized carbons (Fsp3) is 0.500. The van der Waals surface area contributed by atoms with Gasteiger partial charge in [-0.25, -0.2) is 4.79 Å². The fourth-order valence-corrected chi connectivity index (χ4v) is 0.948. The third-order valence-electron chi connectivity index (χ3n) is 1.01. The largest absolute Gasteiger partial charge is 0.461 e. The lowest BCUT2D eigenvalue weighted by molar-refractivity contribution is 0.0498. The SMILES string of the molecule is CCCOC(=O)c1csnn1. The summed E-state index contributed by atoms with van der Waals surface area (Å²) < 4.78 is 8.34. The molecule has 0 amide bonds. The first-order valence-electron chi connectivity index (χ1n) is 3.28. The van der Waals surface area contributed by atoms with Crippen molar-refractivity contribution in [2.45, 2.75) is 13.3 Å². The molecule has 11 heavy (non-hydrogen) atoms. The van der Waals surface area contributed by atoms with E-state index in [2.05, 4.69) is 9.59 Å². The molecule has 0 atom stereocenters. The van der Waals surface area contributed by atoms with E-state index in [-0.39, 0.29) is 5.97 Å². The van der Waals surface area contributed by atoms with Gasteiger partial charge in [-0.15, -0.1) is 5.10 Å². The zero-order valence-electron chi connectivity index (χ0n) is 6.11. The first-order valence-corrected chi connectivity index (χ1v) is 4.12. The Morgan fingerprint density at radius 3 is 3.18 bits per heavy atom. The second kappa shape index (κ2) is 4.02. The van der Waals surface area contributed by atoms with E-state index < -0.39 is 0 Å². The molecular formula is C6H8N2O2S. The zero-order valence-corrected chi connectivity index (χ0v) is 6.93. The van der Waals surface area contributed by atoms with Crippen LogP contribution in [0.5, 0.6) is 0 Å². The number of nitrogens with zero attached hydrogens (tertiary/aromatic N) is 2. The Bertz CT molecular complexity index is 222. The van der Waals surface area contributed by atoms with Crippen LogP contribution < -0.4 is 0 Å². The summed E-state index contributed by atoms with van der Waals surface area (Å²) in [7, 11) is 0. The summed E-state index contributed by atoms with van der Waals surface area (Å²) in [4.78, 5) is 10.9. The van der Waals surface area contributed by atoms with Crippen LogP contribution in [0.1, 0.15) is 23.8 Å². The van der Waals surface area contributed by atoms with Gasteiger partial charge in [0.05, 0.1) is 6.61 Å². The Labute approximate surface area is 68.4 Å². The van der Waals surface area contributed by atoms with Crippen LogP contribution in [0.2, 0.25) is 0 Å². The monoisotopic (exact) mass is 172 g/mol. The van der Waals surface area contributed by atoms with Crippen molar-refractivity contribution >= 4 is 17.5 Å². The van der Waals surface area contributed by atoms with E-state index in [9.17, 15) is 4.79 Å². The van der Waals surface area contributed by atoms with Gasteiger partial charge < -0.3 is 4.74 Å². The first-order chi connectivity index (χ1) is 5.34. The highest BCUT2D eigenvalue weighted by Crippen LogP contribution is 1.99. The van der Waals surface area contributed by atoms with Crippen LogP contribution in [0.15, 0.2) is 5.38 Å². The maximum atomic E-state index is 10.9. The smallest absolute Gasteiger partial charge is 0.359 e. The number of ether oxygens (including phenoxy) is 1. The van der Waals surface area contributed by atoms with Crippen LogP contribution in [-0.2, 0) is 4.74 Å². The van der Waals surface area contributed by atoms with E-state index in [0.717, 1.165) is 18.0 Å². The number of esters is 1. The van der Waals surface area contributed by atoms with Gasteiger partial charge in [0.2, 0.25) is 0 Å². The molecule has 5 heteroatoms. The van der Waals surface area contributed by atoms with Crippen LogP contribution in [0.3, 0.4) is 0 Å². The van der Waals surface area contributed by atoms with Crippen molar-refractivity contribution in [3.8, 4) is 0 Å². The number of carbonyl (C=O) groups excluding carboxylic acids is 1. The lowest BCUT2D eigenvalue weighted by Gasteiger charge is -1.97. The minimum Gasteiger partial charge on any atom is -0.461 e. The van der Waals surface area contributed by atoms with Gasteiger partial charge in [0.1, 0.15) is 0 Å². The minimum atomic E-state index is -0.388. The maximum absolute atomic E-state index is 10.9. The van der Waals surface area contributed by atoms with Gasteiger partial charge in [0, 0.05) is 5.38 Å². The van der Waals surface area contributed by atoms with E-state index in [0.29, 0.717) is 12.3 Å². The first kappa shape index (κ1) is 8.13. The molecule has 1 aromatic rings. The second-order valence-corrected chi connectivity index (χ2v) is 2.54. The predicted molar refractivity (Wildman–Crippen MR) is 40.5 cm³/mol. The predicted octanol–water partition coefficient (Wildman–Crippen LogP) is 1.10. The van der Waals surface area contributed by atoms with Crippen molar-refractivity contribution in [2.75, 3.05) is 6.61 Å². The molecule has 60 valence electrons. The van der Waals surface area contributed by atoms with Crippen molar-refractivity contribution in [2.24, 2.45) is 0 Å². The highest BCUT2D eigenvalue weighted by atomic mass is 32.1. The summed E-state index contributed by atoms with van der Waals surface area (Å²) in [5, 5.41) is 5.13. The Morgan fingerprint density at radius 1 is 1.82 bits per heavy atom. The van der Waals surface area contributed by atoms with Crippen LogP contribution in [0.4, 0.5) is 0 Å². The number of hydrogen-bond acceptors (Lipinski definition) is 5. The van der Waals surface area contributed by atoms with E-state index in [1.165, 1.54) is 0 Å². The van der Waals surface area contributed by atoms with Crippen LogP contribution >= 0.6 is 11.5 Å². The van der Waals surface area contributed by atoms with Gasteiger partial charge in [0.15, 0.2) is 5.69 Å². The second-order valence-electron chi connectivity index (χ2n) is 1.93. The highest BCUT2D eigenvalue weighted by molar-refractivity contribution is 7.03. The summed E-state index contributed by atoms with van der Waals surface area (Å²) >= 11 is 1.14. The van der Waals surface area contributed by atoms with E-state index in [1.807, 2.05) is 6.92 Å². The minimum absolute atomic E-state index is 0.295. The molecular weight excluding hydrogens is 164 g/mol. The Hall–Kier alpha value is -0.970. The van der Waals surface area contributed by atoms with E-state index in [1.54, 1.807) is 5.38 Å². The van der Waals surface area contributed by atoms with Gasteiger partial charge in [-0.05, 0) is 18.0 Å². The molecule has 0 radical (unpaired) electrons. The van der Waals surface area contributed by atoms with Crippen molar-refractivity contribution in [1.29, 1.82) is 0 Å². The van der Waals surface area contributed by atoms with Gasteiger partial charge in [0.25, 0.3) is 0 Å². The normalized spacial score (nSPS) is 9.55. The van der Waals surface area contributed by atoms with Crippen molar-refractivity contribution in [3.05, 3.63) is 11.1 Å². The quantitative estimate of drug-likeness (QED) is 0.641. The van der Waals surface area contributed by atoms with Crippen molar-refractivity contribution in [3.63, 3.8) is 0 Å². The summed E-state index contributed by atoms with van der Waals surface area (Å²) in [6.07, 6.45) is 0.823. The summed E-state index contributed by atoms with van der Waals surface area (Å²) in [5.41, 5.74) is 0.295. The Morgan fingerprint density at radius 2 is 2.64 bits per heavy atom. The van der Waals surface area contributed by atoms with Crippen LogP contribution in [0.25, 0.3) is 0 Å². The molecule has 0 spiro atoms. The van der Waals surface area contributed by atoms with Crippen molar-refractivity contribution < 1.29 is 9.53 Å². The molecule has 0 saturated heterocycles. The van der Waals surface area contributed by atoms with Gasteiger partial charge in [-0.2, -0.15) is 0 Å².